The molecule has 2 N–H and O–H groups in total. The maximum atomic E-state index is 12.1. The number of nitrogens with zero attached hydrogens (tertiary/aromatic N) is 1. The van der Waals surface area contributed by atoms with E-state index in [1.165, 1.54) is 0 Å². The van der Waals surface area contributed by atoms with Crippen LogP contribution in [0.15, 0.2) is 10.6 Å². The lowest BCUT2D eigenvalue weighted by atomic mass is 9.79. The second kappa shape index (κ2) is 5.86. The van der Waals surface area contributed by atoms with Crippen molar-refractivity contribution in [2.75, 3.05) is 0 Å². The number of carboxylic acid groups (broad SMARTS) is 1. The Bertz CT molecular complexity index is 469. The fourth-order valence-electron chi connectivity index (χ4n) is 2.55. The van der Waals surface area contributed by atoms with E-state index in [0.717, 1.165) is 12.8 Å². The molecule has 0 aliphatic heterocycles. The molecule has 0 spiro atoms. The van der Waals surface area contributed by atoms with Gasteiger partial charge in [0.25, 0.3) is 0 Å². The van der Waals surface area contributed by atoms with Gasteiger partial charge in [-0.2, -0.15) is 0 Å². The van der Waals surface area contributed by atoms with Gasteiger partial charge in [-0.25, -0.2) is 0 Å². The van der Waals surface area contributed by atoms with E-state index in [4.69, 9.17) is 9.63 Å². The summed E-state index contributed by atoms with van der Waals surface area (Å²) in [5.74, 6) is -1.39. The number of aromatic nitrogens is 1. The maximum absolute atomic E-state index is 12.1. The molecule has 0 saturated heterocycles. The van der Waals surface area contributed by atoms with Crippen LogP contribution >= 0.6 is 0 Å². The summed E-state index contributed by atoms with van der Waals surface area (Å²) in [5, 5.41) is 15.7. The van der Waals surface area contributed by atoms with E-state index in [0.29, 0.717) is 24.3 Å². The third-order valence-corrected chi connectivity index (χ3v) is 3.54. The number of hydrogen-bond acceptors (Lipinski definition) is 4. The summed E-state index contributed by atoms with van der Waals surface area (Å²) < 4.78 is 4.91. The Labute approximate surface area is 111 Å². The van der Waals surface area contributed by atoms with Crippen molar-refractivity contribution in [3.05, 3.63) is 17.5 Å². The van der Waals surface area contributed by atoms with E-state index >= 15 is 0 Å². The standard InChI is InChI=1S/C13H18N2O4/c1-8-6-9(15-19-8)7-14-12(16)10-4-2-3-5-11(10)13(17)18/h6,10-11H,2-5,7H2,1H3,(H,14,16)(H,17,18). The summed E-state index contributed by atoms with van der Waals surface area (Å²) >= 11 is 0. The highest BCUT2D eigenvalue weighted by Crippen LogP contribution is 2.30. The Morgan fingerprint density at radius 2 is 2.11 bits per heavy atom. The lowest BCUT2D eigenvalue weighted by Crippen LogP contribution is -2.39. The zero-order chi connectivity index (χ0) is 13.8. The molecule has 0 aromatic carbocycles. The van der Waals surface area contributed by atoms with Crippen LogP contribution in [0.4, 0.5) is 0 Å². The van der Waals surface area contributed by atoms with Crippen molar-refractivity contribution in [3.8, 4) is 0 Å². The first-order chi connectivity index (χ1) is 9.08. The van der Waals surface area contributed by atoms with Crippen LogP contribution in [0.1, 0.15) is 37.1 Å². The largest absolute Gasteiger partial charge is 0.481 e. The molecular weight excluding hydrogens is 248 g/mol. The molecule has 2 unspecified atom stereocenters. The number of rotatable bonds is 4. The molecule has 2 rings (SSSR count). The van der Waals surface area contributed by atoms with Gasteiger partial charge in [0.1, 0.15) is 11.5 Å². The molecule has 1 saturated carbocycles. The first-order valence-electron chi connectivity index (χ1n) is 6.50. The number of nitrogens with one attached hydrogen (secondary N) is 1. The van der Waals surface area contributed by atoms with Crippen LogP contribution in [0.25, 0.3) is 0 Å². The number of aryl methyl sites for hydroxylation is 1. The number of carbonyl (C=O) groups is 2. The molecule has 1 aromatic rings. The number of hydrogen-bond donors (Lipinski definition) is 2. The molecule has 1 aromatic heterocycles. The Morgan fingerprint density at radius 1 is 1.42 bits per heavy atom. The molecule has 1 aliphatic carbocycles. The molecule has 1 aliphatic rings. The normalized spacial score (nSPS) is 23.0. The Morgan fingerprint density at radius 3 is 2.68 bits per heavy atom. The van der Waals surface area contributed by atoms with E-state index in [1.807, 2.05) is 0 Å². The van der Waals surface area contributed by atoms with Crippen molar-refractivity contribution in [1.29, 1.82) is 0 Å². The molecule has 6 nitrogen and oxygen atoms in total. The van der Waals surface area contributed by atoms with Crippen LogP contribution in [0, 0.1) is 18.8 Å². The van der Waals surface area contributed by atoms with E-state index in [1.54, 1.807) is 13.0 Å². The molecule has 19 heavy (non-hydrogen) atoms. The highest BCUT2D eigenvalue weighted by atomic mass is 16.5. The molecule has 1 amide bonds. The van der Waals surface area contributed by atoms with Gasteiger partial charge in [-0.1, -0.05) is 18.0 Å². The molecule has 2 atom stereocenters. The van der Waals surface area contributed by atoms with Crippen molar-refractivity contribution in [2.24, 2.45) is 11.8 Å². The van der Waals surface area contributed by atoms with Gasteiger partial charge in [0, 0.05) is 6.07 Å². The zero-order valence-electron chi connectivity index (χ0n) is 10.9. The summed E-state index contributed by atoms with van der Waals surface area (Å²) in [6, 6.07) is 1.75. The van der Waals surface area contributed by atoms with Crippen molar-refractivity contribution >= 4 is 11.9 Å². The fourth-order valence-corrected chi connectivity index (χ4v) is 2.55. The molecule has 1 heterocycles. The highest BCUT2D eigenvalue weighted by molar-refractivity contribution is 5.84. The minimum Gasteiger partial charge on any atom is -0.481 e. The first-order valence-corrected chi connectivity index (χ1v) is 6.50. The van der Waals surface area contributed by atoms with Crippen molar-refractivity contribution in [3.63, 3.8) is 0 Å². The summed E-state index contributed by atoms with van der Waals surface area (Å²) in [7, 11) is 0. The Balaban J connectivity index is 1.92. The predicted molar refractivity (Wildman–Crippen MR) is 66.2 cm³/mol. The highest BCUT2D eigenvalue weighted by Gasteiger charge is 2.35. The maximum Gasteiger partial charge on any atom is 0.307 e. The molecule has 6 heteroatoms. The molecular formula is C13H18N2O4. The zero-order valence-corrected chi connectivity index (χ0v) is 10.9. The quantitative estimate of drug-likeness (QED) is 0.861. The van der Waals surface area contributed by atoms with Crippen LogP contribution in [-0.2, 0) is 16.1 Å². The van der Waals surface area contributed by atoms with Gasteiger partial charge in [-0.05, 0) is 19.8 Å². The summed E-state index contributed by atoms with van der Waals surface area (Å²) in [6.45, 7) is 2.05. The SMILES string of the molecule is Cc1cc(CNC(=O)C2CCCCC2C(=O)O)no1. The van der Waals surface area contributed by atoms with Gasteiger partial charge in [-0.15, -0.1) is 0 Å². The topological polar surface area (TPSA) is 92.4 Å². The fraction of sp³-hybridized carbons (Fsp3) is 0.615. The average molecular weight is 266 g/mol. The minimum atomic E-state index is -0.878. The number of aliphatic carboxylic acids is 1. The second-order valence-corrected chi connectivity index (χ2v) is 4.98. The van der Waals surface area contributed by atoms with E-state index in [9.17, 15) is 9.59 Å². The van der Waals surface area contributed by atoms with Crippen LogP contribution in [0.2, 0.25) is 0 Å². The summed E-state index contributed by atoms with van der Waals surface area (Å²) in [5.41, 5.74) is 0.647. The van der Waals surface area contributed by atoms with Gasteiger partial charge < -0.3 is 14.9 Å². The van der Waals surface area contributed by atoms with Gasteiger partial charge in [-0.3, -0.25) is 9.59 Å². The van der Waals surface area contributed by atoms with E-state index < -0.39 is 17.8 Å². The van der Waals surface area contributed by atoms with Crippen molar-refractivity contribution in [2.45, 2.75) is 39.2 Å². The number of amides is 1. The lowest BCUT2D eigenvalue weighted by Gasteiger charge is -2.27. The third kappa shape index (κ3) is 3.33. The van der Waals surface area contributed by atoms with Crippen molar-refractivity contribution in [1.82, 2.24) is 10.5 Å². The average Bonchev–Trinajstić information content (AvgIpc) is 2.81. The van der Waals surface area contributed by atoms with Crippen LogP contribution < -0.4 is 5.32 Å². The monoisotopic (exact) mass is 266 g/mol. The van der Waals surface area contributed by atoms with Crippen LogP contribution in [0.3, 0.4) is 0 Å². The van der Waals surface area contributed by atoms with Crippen molar-refractivity contribution < 1.29 is 19.2 Å². The minimum absolute atomic E-state index is 0.201. The number of carboxylic acids is 1. The Hall–Kier alpha value is -1.85. The molecule has 0 radical (unpaired) electrons. The molecule has 0 bridgehead atoms. The van der Waals surface area contributed by atoms with Gasteiger partial charge in [0.2, 0.25) is 5.91 Å². The van der Waals surface area contributed by atoms with Crippen LogP contribution in [0.5, 0.6) is 0 Å². The Kier molecular flexibility index (Phi) is 4.19. The second-order valence-electron chi connectivity index (χ2n) is 4.98. The summed E-state index contributed by atoms with van der Waals surface area (Å²) in [6.07, 6.45) is 3.01. The first kappa shape index (κ1) is 13.6. The van der Waals surface area contributed by atoms with Gasteiger partial charge in [0.05, 0.1) is 18.4 Å². The predicted octanol–water partition coefficient (Wildman–Crippen LogP) is 1.49. The van der Waals surface area contributed by atoms with E-state index in [-0.39, 0.29) is 12.5 Å². The van der Waals surface area contributed by atoms with Gasteiger partial charge in [0.15, 0.2) is 0 Å². The van der Waals surface area contributed by atoms with E-state index in [2.05, 4.69) is 10.5 Å². The number of carbonyl (C=O) groups excluding carboxylic acids is 1. The smallest absolute Gasteiger partial charge is 0.307 e. The summed E-state index contributed by atoms with van der Waals surface area (Å²) in [4.78, 5) is 23.2. The molecule has 1 fully saturated rings. The molecule has 104 valence electrons. The van der Waals surface area contributed by atoms with Crippen LogP contribution in [-0.4, -0.2) is 22.1 Å². The third-order valence-electron chi connectivity index (χ3n) is 3.54. The lowest BCUT2D eigenvalue weighted by molar-refractivity contribution is -0.148. The van der Waals surface area contributed by atoms with Gasteiger partial charge >= 0.3 is 5.97 Å².